The fraction of sp³-hybridized carbons (Fsp3) is 0.429. The minimum atomic E-state index is 0. The molecule has 2 aromatic rings. The first-order chi connectivity index (χ1) is 9.78. The van der Waals surface area contributed by atoms with Gasteiger partial charge in [-0.3, -0.25) is 4.79 Å². The average molecular weight is 380 g/mol. The van der Waals surface area contributed by atoms with E-state index in [0.29, 0.717) is 11.6 Å². The van der Waals surface area contributed by atoms with E-state index in [1.807, 2.05) is 34.8 Å². The minimum absolute atomic E-state index is 0. The predicted molar refractivity (Wildman–Crippen MR) is 97.9 cm³/mol. The van der Waals surface area contributed by atoms with Gasteiger partial charge in [-0.15, -0.1) is 47.5 Å². The standard InChI is InChI=1S/C14H17N3OS2.2ClH/c1-15-7-10-4-5-17(8-10)14(18)11-9-20-13(16-11)12-3-2-6-19-12;;/h2-3,6,9-10,15H,4-5,7-8H2,1H3;2*1H. The SMILES string of the molecule is CNCC1CCN(C(=O)c2csc(-c3cccs3)n2)C1.Cl.Cl. The van der Waals surface area contributed by atoms with Crippen molar-refractivity contribution in [2.24, 2.45) is 5.92 Å². The highest BCUT2D eigenvalue weighted by Gasteiger charge is 2.27. The van der Waals surface area contributed by atoms with Gasteiger partial charge in [0.1, 0.15) is 10.7 Å². The van der Waals surface area contributed by atoms with Crippen LogP contribution in [0.1, 0.15) is 16.9 Å². The number of thiazole rings is 1. The zero-order chi connectivity index (χ0) is 13.9. The van der Waals surface area contributed by atoms with Gasteiger partial charge in [-0.2, -0.15) is 0 Å². The molecule has 4 nitrogen and oxygen atoms in total. The van der Waals surface area contributed by atoms with Gasteiger partial charge in [0.05, 0.1) is 4.88 Å². The molecule has 1 fully saturated rings. The van der Waals surface area contributed by atoms with Crippen LogP contribution in [0.2, 0.25) is 0 Å². The van der Waals surface area contributed by atoms with Crippen LogP contribution < -0.4 is 5.32 Å². The number of nitrogens with zero attached hydrogens (tertiary/aromatic N) is 2. The minimum Gasteiger partial charge on any atom is -0.337 e. The van der Waals surface area contributed by atoms with Crippen molar-refractivity contribution in [3.05, 3.63) is 28.6 Å². The fourth-order valence-electron chi connectivity index (χ4n) is 2.52. The molecule has 22 heavy (non-hydrogen) atoms. The second-order valence-corrected chi connectivity index (χ2v) is 6.78. The van der Waals surface area contributed by atoms with E-state index in [1.54, 1.807) is 22.7 Å². The van der Waals surface area contributed by atoms with Crippen molar-refractivity contribution in [1.82, 2.24) is 15.2 Å². The smallest absolute Gasteiger partial charge is 0.273 e. The normalized spacial score (nSPS) is 17.0. The van der Waals surface area contributed by atoms with Crippen LogP contribution in [-0.4, -0.2) is 42.5 Å². The number of carbonyl (C=O) groups excluding carboxylic acids is 1. The van der Waals surface area contributed by atoms with Crippen LogP contribution >= 0.6 is 47.5 Å². The molecule has 0 spiro atoms. The molecule has 122 valence electrons. The van der Waals surface area contributed by atoms with Crippen molar-refractivity contribution >= 4 is 53.4 Å². The summed E-state index contributed by atoms with van der Waals surface area (Å²) in [5, 5.41) is 8.03. The summed E-state index contributed by atoms with van der Waals surface area (Å²) in [6.07, 6.45) is 1.08. The Hall–Kier alpha value is -0.660. The monoisotopic (exact) mass is 379 g/mol. The summed E-state index contributed by atoms with van der Waals surface area (Å²) in [5.41, 5.74) is 0.587. The third kappa shape index (κ3) is 4.20. The summed E-state index contributed by atoms with van der Waals surface area (Å²) < 4.78 is 0. The Balaban J connectivity index is 0.00000121. The lowest BCUT2D eigenvalue weighted by molar-refractivity contribution is 0.0782. The molecule has 2 aromatic heterocycles. The summed E-state index contributed by atoms with van der Waals surface area (Å²) in [6.45, 7) is 2.66. The molecule has 0 saturated carbocycles. The van der Waals surface area contributed by atoms with Gasteiger partial charge in [0.2, 0.25) is 0 Å². The van der Waals surface area contributed by atoms with Crippen LogP contribution in [0.4, 0.5) is 0 Å². The van der Waals surface area contributed by atoms with Crippen molar-refractivity contribution in [3.8, 4) is 9.88 Å². The maximum Gasteiger partial charge on any atom is 0.273 e. The maximum absolute atomic E-state index is 12.4. The van der Waals surface area contributed by atoms with Gasteiger partial charge in [0.15, 0.2) is 0 Å². The van der Waals surface area contributed by atoms with Crippen LogP contribution in [0.25, 0.3) is 9.88 Å². The Bertz CT molecular complexity index is 589. The number of carbonyl (C=O) groups is 1. The molecule has 0 radical (unpaired) electrons. The van der Waals surface area contributed by atoms with Crippen LogP contribution in [0.3, 0.4) is 0 Å². The van der Waals surface area contributed by atoms with Gasteiger partial charge in [-0.25, -0.2) is 4.98 Å². The molecule has 0 bridgehead atoms. The van der Waals surface area contributed by atoms with Gasteiger partial charge < -0.3 is 10.2 Å². The molecule has 1 N–H and O–H groups in total. The quantitative estimate of drug-likeness (QED) is 0.884. The van der Waals surface area contributed by atoms with Gasteiger partial charge in [0.25, 0.3) is 5.91 Å². The first-order valence-corrected chi connectivity index (χ1v) is 8.47. The Morgan fingerprint density at radius 1 is 1.45 bits per heavy atom. The molecule has 1 unspecified atom stereocenters. The number of nitrogens with one attached hydrogen (secondary N) is 1. The summed E-state index contributed by atoms with van der Waals surface area (Å²) in [4.78, 5) is 20.0. The van der Waals surface area contributed by atoms with Gasteiger partial charge >= 0.3 is 0 Å². The van der Waals surface area contributed by atoms with E-state index in [4.69, 9.17) is 0 Å². The van der Waals surface area contributed by atoms with Crippen molar-refractivity contribution in [2.45, 2.75) is 6.42 Å². The number of aromatic nitrogens is 1. The summed E-state index contributed by atoms with van der Waals surface area (Å²) in [5.74, 6) is 0.641. The molecule has 3 heterocycles. The number of hydrogen-bond acceptors (Lipinski definition) is 5. The Labute approximate surface area is 150 Å². The van der Waals surface area contributed by atoms with E-state index in [2.05, 4.69) is 10.3 Å². The van der Waals surface area contributed by atoms with Crippen molar-refractivity contribution < 1.29 is 4.79 Å². The lowest BCUT2D eigenvalue weighted by Gasteiger charge is -2.14. The van der Waals surface area contributed by atoms with Crippen LogP contribution in [0, 0.1) is 5.92 Å². The second kappa shape index (κ2) is 8.84. The largest absolute Gasteiger partial charge is 0.337 e. The molecular weight excluding hydrogens is 361 g/mol. The van der Waals surface area contributed by atoms with Crippen LogP contribution in [-0.2, 0) is 0 Å². The van der Waals surface area contributed by atoms with E-state index in [9.17, 15) is 4.79 Å². The lowest BCUT2D eigenvalue weighted by atomic mass is 10.1. The summed E-state index contributed by atoms with van der Waals surface area (Å²) in [6, 6.07) is 4.04. The van der Waals surface area contributed by atoms with Crippen molar-refractivity contribution in [3.63, 3.8) is 0 Å². The van der Waals surface area contributed by atoms with Crippen molar-refractivity contribution in [2.75, 3.05) is 26.7 Å². The van der Waals surface area contributed by atoms with Crippen molar-refractivity contribution in [1.29, 1.82) is 0 Å². The molecule has 1 amide bonds. The van der Waals surface area contributed by atoms with Crippen LogP contribution in [0.15, 0.2) is 22.9 Å². The Morgan fingerprint density at radius 3 is 2.95 bits per heavy atom. The van der Waals surface area contributed by atoms with Gasteiger partial charge in [0, 0.05) is 18.5 Å². The van der Waals surface area contributed by atoms with E-state index in [1.165, 1.54) is 0 Å². The van der Waals surface area contributed by atoms with E-state index >= 15 is 0 Å². The Kier molecular flexibility index (Phi) is 7.79. The second-order valence-electron chi connectivity index (χ2n) is 4.98. The summed E-state index contributed by atoms with van der Waals surface area (Å²) >= 11 is 3.20. The molecule has 1 saturated heterocycles. The predicted octanol–water partition coefficient (Wildman–Crippen LogP) is 3.40. The van der Waals surface area contributed by atoms with Gasteiger partial charge in [-0.05, 0) is 37.4 Å². The molecule has 3 rings (SSSR count). The summed E-state index contributed by atoms with van der Waals surface area (Å²) in [7, 11) is 1.96. The number of hydrogen-bond donors (Lipinski definition) is 1. The van der Waals surface area contributed by atoms with Gasteiger partial charge in [-0.1, -0.05) is 6.07 Å². The van der Waals surface area contributed by atoms with E-state index < -0.39 is 0 Å². The van der Waals surface area contributed by atoms with E-state index in [-0.39, 0.29) is 30.7 Å². The van der Waals surface area contributed by atoms with E-state index in [0.717, 1.165) is 35.9 Å². The molecule has 1 aliphatic rings. The first kappa shape index (κ1) is 19.4. The molecule has 1 atom stereocenters. The Morgan fingerprint density at radius 2 is 2.27 bits per heavy atom. The zero-order valence-corrected chi connectivity index (χ0v) is 15.4. The average Bonchev–Trinajstić information content (AvgIpc) is 3.19. The molecule has 0 aromatic carbocycles. The molecular formula is C14H19Cl2N3OS2. The fourth-order valence-corrected chi connectivity index (χ4v) is 4.13. The highest BCUT2D eigenvalue weighted by Crippen LogP contribution is 2.28. The molecule has 1 aliphatic heterocycles. The maximum atomic E-state index is 12.4. The zero-order valence-electron chi connectivity index (χ0n) is 12.2. The highest BCUT2D eigenvalue weighted by atomic mass is 35.5. The lowest BCUT2D eigenvalue weighted by Crippen LogP contribution is -2.30. The number of thiophene rings is 1. The highest BCUT2D eigenvalue weighted by molar-refractivity contribution is 7.20. The number of halogens is 2. The topological polar surface area (TPSA) is 45.2 Å². The first-order valence-electron chi connectivity index (χ1n) is 6.71. The molecule has 0 aliphatic carbocycles. The van der Waals surface area contributed by atoms with Crippen LogP contribution in [0.5, 0.6) is 0 Å². The number of rotatable bonds is 4. The third-order valence-corrected chi connectivity index (χ3v) is 5.40. The molecule has 8 heteroatoms. The number of likely N-dealkylation sites (tertiary alicyclic amines) is 1. The third-order valence-electron chi connectivity index (χ3n) is 3.52. The number of amides is 1.